The van der Waals surface area contributed by atoms with Crippen LogP contribution in [0, 0.1) is 0 Å². The highest BCUT2D eigenvalue weighted by molar-refractivity contribution is 7.26. The minimum atomic E-state index is 1.26. The van der Waals surface area contributed by atoms with Gasteiger partial charge in [-0.15, -0.1) is 22.7 Å². The predicted molar refractivity (Wildman–Crippen MR) is 204 cm³/mol. The third kappa shape index (κ3) is 3.78. The molecular weight excluding hydrogens is 593 g/mol. The molecule has 0 nitrogen and oxygen atoms in total. The number of hydrogen-bond donors (Lipinski definition) is 0. The Morgan fingerprint density at radius 2 is 0.783 bits per heavy atom. The zero-order chi connectivity index (χ0) is 30.2. The first kappa shape index (κ1) is 26.0. The molecule has 0 aliphatic carbocycles. The molecule has 0 atom stereocenters. The third-order valence-corrected chi connectivity index (χ3v) is 11.8. The summed E-state index contributed by atoms with van der Waals surface area (Å²) in [6.45, 7) is 0. The van der Waals surface area contributed by atoms with Crippen LogP contribution in [-0.4, -0.2) is 0 Å². The van der Waals surface area contributed by atoms with E-state index < -0.39 is 0 Å². The molecule has 46 heavy (non-hydrogen) atoms. The smallest absolute Gasteiger partial charge is 0.0361 e. The molecule has 10 aromatic rings. The van der Waals surface area contributed by atoms with Crippen LogP contribution in [-0.2, 0) is 0 Å². The van der Waals surface area contributed by atoms with Crippen molar-refractivity contribution in [2.24, 2.45) is 0 Å². The lowest BCUT2D eigenvalue weighted by molar-refractivity contribution is 1.69. The van der Waals surface area contributed by atoms with Crippen LogP contribution in [0.15, 0.2) is 158 Å². The van der Waals surface area contributed by atoms with Crippen molar-refractivity contribution in [3.8, 4) is 32.7 Å². The predicted octanol–water partition coefficient (Wildman–Crippen LogP) is 13.7. The SMILES string of the molecule is c1ccc2sc(-c3cccc4cccc(-c5c6ccccc6c(-c6cccc7sc8ccccc8c67)c6ccccc56)c34)cc2c1. The Balaban J connectivity index is 1.35. The molecule has 0 saturated carbocycles. The van der Waals surface area contributed by atoms with Gasteiger partial charge in [0.15, 0.2) is 0 Å². The number of thiophene rings is 2. The van der Waals surface area contributed by atoms with Crippen LogP contribution in [0.25, 0.3) is 95.3 Å². The van der Waals surface area contributed by atoms with Gasteiger partial charge in [-0.3, -0.25) is 0 Å². The second-order valence-corrected chi connectivity index (χ2v) is 14.1. The summed E-state index contributed by atoms with van der Waals surface area (Å²) in [7, 11) is 0. The number of rotatable bonds is 3. The van der Waals surface area contributed by atoms with Crippen molar-refractivity contribution in [3.63, 3.8) is 0 Å². The van der Waals surface area contributed by atoms with Gasteiger partial charge in [-0.1, -0.05) is 133 Å². The highest BCUT2D eigenvalue weighted by Crippen LogP contribution is 2.50. The molecule has 0 radical (unpaired) electrons. The van der Waals surface area contributed by atoms with Crippen molar-refractivity contribution in [2.45, 2.75) is 0 Å². The zero-order valence-corrected chi connectivity index (χ0v) is 26.5. The summed E-state index contributed by atoms with van der Waals surface area (Å²) in [6, 6.07) is 58.4. The van der Waals surface area contributed by atoms with Crippen LogP contribution >= 0.6 is 22.7 Å². The van der Waals surface area contributed by atoms with Gasteiger partial charge in [0.25, 0.3) is 0 Å². The van der Waals surface area contributed by atoms with Crippen molar-refractivity contribution in [1.29, 1.82) is 0 Å². The molecule has 0 aliphatic heterocycles. The van der Waals surface area contributed by atoms with Crippen LogP contribution in [0.1, 0.15) is 0 Å². The summed E-state index contributed by atoms with van der Waals surface area (Å²) in [4.78, 5) is 1.31. The lowest BCUT2D eigenvalue weighted by Crippen LogP contribution is -1.92. The van der Waals surface area contributed by atoms with Gasteiger partial charge in [-0.05, 0) is 84.2 Å². The Labute approximate surface area is 274 Å². The fourth-order valence-corrected chi connectivity index (χ4v) is 9.79. The van der Waals surface area contributed by atoms with E-state index in [-0.39, 0.29) is 0 Å². The van der Waals surface area contributed by atoms with Gasteiger partial charge in [0.05, 0.1) is 0 Å². The Bertz CT molecular complexity index is 2720. The molecule has 0 saturated heterocycles. The summed E-state index contributed by atoms with van der Waals surface area (Å²) < 4.78 is 3.99. The quantitative estimate of drug-likeness (QED) is 0.173. The molecule has 8 aromatic carbocycles. The van der Waals surface area contributed by atoms with Crippen LogP contribution in [0.3, 0.4) is 0 Å². The molecule has 0 aliphatic rings. The minimum Gasteiger partial charge on any atom is -0.135 e. The maximum Gasteiger partial charge on any atom is 0.0361 e. The third-order valence-electron chi connectivity index (χ3n) is 9.47. The van der Waals surface area contributed by atoms with Gasteiger partial charge >= 0.3 is 0 Å². The lowest BCUT2D eigenvalue weighted by Gasteiger charge is -2.20. The Kier molecular flexibility index (Phi) is 5.72. The van der Waals surface area contributed by atoms with Gasteiger partial charge in [0.2, 0.25) is 0 Å². The summed E-state index contributed by atoms with van der Waals surface area (Å²) >= 11 is 3.76. The Morgan fingerprint density at radius 3 is 1.43 bits per heavy atom. The summed E-state index contributed by atoms with van der Waals surface area (Å²) in [5, 5.41) is 11.7. The summed E-state index contributed by atoms with van der Waals surface area (Å²) in [5.41, 5.74) is 6.49. The molecule has 2 aromatic heterocycles. The van der Waals surface area contributed by atoms with Gasteiger partial charge in [0.1, 0.15) is 0 Å². The normalized spacial score (nSPS) is 11.9. The zero-order valence-electron chi connectivity index (χ0n) is 24.8. The first-order valence-electron chi connectivity index (χ1n) is 15.7. The number of fused-ring (bicyclic) bond motifs is 7. The molecule has 0 amide bonds. The molecule has 0 spiro atoms. The van der Waals surface area contributed by atoms with Crippen LogP contribution in [0.2, 0.25) is 0 Å². The van der Waals surface area contributed by atoms with Crippen molar-refractivity contribution in [1.82, 2.24) is 0 Å². The molecule has 214 valence electrons. The molecule has 0 N–H and O–H groups in total. The molecular formula is C44H26S2. The van der Waals surface area contributed by atoms with E-state index in [4.69, 9.17) is 0 Å². The average molecular weight is 619 g/mol. The molecule has 0 unspecified atom stereocenters. The second-order valence-electron chi connectivity index (χ2n) is 12.0. The monoisotopic (exact) mass is 618 g/mol. The van der Waals surface area contributed by atoms with E-state index in [0.29, 0.717) is 0 Å². The topological polar surface area (TPSA) is 0 Å². The molecule has 0 bridgehead atoms. The molecule has 0 fully saturated rings. The van der Waals surface area contributed by atoms with Gasteiger partial charge in [-0.25, -0.2) is 0 Å². The van der Waals surface area contributed by atoms with E-state index in [2.05, 4.69) is 158 Å². The van der Waals surface area contributed by atoms with Crippen molar-refractivity contribution in [2.75, 3.05) is 0 Å². The first-order valence-corrected chi connectivity index (χ1v) is 17.3. The van der Waals surface area contributed by atoms with Crippen molar-refractivity contribution < 1.29 is 0 Å². The van der Waals surface area contributed by atoms with E-state index in [1.807, 2.05) is 22.7 Å². The van der Waals surface area contributed by atoms with E-state index in [0.717, 1.165) is 0 Å². The average Bonchev–Trinajstić information content (AvgIpc) is 3.72. The van der Waals surface area contributed by atoms with E-state index in [1.165, 1.54) is 95.3 Å². The number of hydrogen-bond acceptors (Lipinski definition) is 2. The summed E-state index contributed by atoms with van der Waals surface area (Å²) in [6.07, 6.45) is 0. The fourth-order valence-electron chi connectivity index (χ4n) is 7.56. The molecule has 2 heterocycles. The minimum absolute atomic E-state index is 1.26. The maximum atomic E-state index is 2.36. The highest BCUT2D eigenvalue weighted by atomic mass is 32.1. The highest BCUT2D eigenvalue weighted by Gasteiger charge is 2.21. The van der Waals surface area contributed by atoms with Gasteiger partial charge in [0, 0.05) is 35.3 Å². The first-order chi connectivity index (χ1) is 22.8. The van der Waals surface area contributed by atoms with E-state index >= 15 is 0 Å². The van der Waals surface area contributed by atoms with E-state index in [9.17, 15) is 0 Å². The fraction of sp³-hybridized carbons (Fsp3) is 0. The Morgan fingerprint density at radius 1 is 0.304 bits per heavy atom. The molecule has 2 heteroatoms. The maximum absolute atomic E-state index is 2.36. The number of benzene rings is 8. The van der Waals surface area contributed by atoms with Crippen LogP contribution in [0.5, 0.6) is 0 Å². The van der Waals surface area contributed by atoms with Crippen LogP contribution < -0.4 is 0 Å². The van der Waals surface area contributed by atoms with Gasteiger partial charge < -0.3 is 0 Å². The second kappa shape index (κ2) is 10.1. The van der Waals surface area contributed by atoms with Gasteiger partial charge in [-0.2, -0.15) is 0 Å². The molecule has 10 rings (SSSR count). The lowest BCUT2D eigenvalue weighted by atomic mass is 9.83. The Hall–Kier alpha value is -5.28. The summed E-state index contributed by atoms with van der Waals surface area (Å²) in [5.74, 6) is 0. The van der Waals surface area contributed by atoms with Crippen LogP contribution in [0.4, 0.5) is 0 Å². The van der Waals surface area contributed by atoms with E-state index in [1.54, 1.807) is 0 Å². The van der Waals surface area contributed by atoms with Crippen molar-refractivity contribution >= 4 is 85.2 Å². The largest absolute Gasteiger partial charge is 0.135 e. The van der Waals surface area contributed by atoms with Crippen molar-refractivity contribution in [3.05, 3.63) is 158 Å². The standard InChI is InChI=1S/C44H26S2/c1-7-23-37-28(12-1)26-40(45-37)34-20-9-13-27-14-10-21-35(41(27)34)42-29-15-2-4-17-31(29)43(32-18-5-3-16-30(32)42)36-22-11-25-39-44(36)33-19-6-8-24-38(33)46-39/h1-26H.